The van der Waals surface area contributed by atoms with Gasteiger partial charge in [0.25, 0.3) is 0 Å². The summed E-state index contributed by atoms with van der Waals surface area (Å²) in [6, 6.07) is 16.5. The third kappa shape index (κ3) is 4.37. The number of ether oxygens (including phenoxy) is 4. The van der Waals surface area contributed by atoms with Gasteiger partial charge < -0.3 is 18.9 Å². The summed E-state index contributed by atoms with van der Waals surface area (Å²) in [5.74, 6) is -1.39. The van der Waals surface area contributed by atoms with Crippen LogP contribution in [-0.2, 0) is 18.9 Å². The van der Waals surface area contributed by atoms with Crippen LogP contribution in [0.4, 0.5) is 4.39 Å². The fraction of sp³-hybridized carbons (Fsp3) is 0.333. The lowest BCUT2D eigenvalue weighted by Gasteiger charge is -2.40. The predicted octanol–water partition coefficient (Wildman–Crippen LogP) is 3.17. The number of hydrogen-bond acceptors (Lipinski definition) is 6. The van der Waals surface area contributed by atoms with E-state index < -0.39 is 42.7 Å². The van der Waals surface area contributed by atoms with Crippen molar-refractivity contribution in [3.8, 4) is 0 Å². The molecule has 1 saturated heterocycles. The number of hydrogen-bond donors (Lipinski definition) is 0. The Kier molecular flexibility index (Phi) is 6.38. The lowest BCUT2D eigenvalue weighted by molar-refractivity contribution is -0.269. The first-order valence-electron chi connectivity index (χ1n) is 8.85. The number of carbonyl (C=O) groups excluding carboxylic acids is 2. The van der Waals surface area contributed by atoms with Crippen molar-refractivity contribution >= 4 is 11.9 Å². The summed E-state index contributed by atoms with van der Waals surface area (Å²) in [7, 11) is 1.29. The zero-order chi connectivity index (χ0) is 20.1. The number of carbonyl (C=O) groups is 2. The van der Waals surface area contributed by atoms with E-state index in [0.717, 1.165) is 0 Å². The Morgan fingerprint density at radius 1 is 0.857 bits per heavy atom. The second kappa shape index (κ2) is 8.95. The van der Waals surface area contributed by atoms with E-state index in [1.54, 1.807) is 67.6 Å². The summed E-state index contributed by atoms with van der Waals surface area (Å²) in [6.07, 6.45) is -6.34. The van der Waals surface area contributed by atoms with Crippen LogP contribution in [0.15, 0.2) is 60.7 Å². The van der Waals surface area contributed by atoms with Crippen molar-refractivity contribution in [1.29, 1.82) is 0 Å². The van der Waals surface area contributed by atoms with Gasteiger partial charge in [0, 0.05) is 7.11 Å². The standard InChI is InChI=1S/C21H21FO6/c1-13-17(27-19(23)14-9-5-3-6-10-14)18(16(22)21(25-2)26-13)28-20(24)15-11-7-4-8-12-15/h3-13,16-18,21H,1-2H3/t13-,16+,17+,18-,21-/m0/s1. The Hall–Kier alpha value is -2.77. The molecule has 2 aromatic carbocycles. The van der Waals surface area contributed by atoms with Crippen LogP contribution >= 0.6 is 0 Å². The first-order valence-corrected chi connectivity index (χ1v) is 8.85. The van der Waals surface area contributed by atoms with Gasteiger partial charge in [-0.15, -0.1) is 0 Å². The van der Waals surface area contributed by atoms with Crippen molar-refractivity contribution in [2.45, 2.75) is 37.7 Å². The van der Waals surface area contributed by atoms with Crippen molar-refractivity contribution in [2.24, 2.45) is 0 Å². The van der Waals surface area contributed by atoms with Crippen LogP contribution in [0, 0.1) is 0 Å². The van der Waals surface area contributed by atoms with Crippen molar-refractivity contribution in [3.63, 3.8) is 0 Å². The quantitative estimate of drug-likeness (QED) is 0.733. The first kappa shape index (κ1) is 20.0. The molecule has 0 bridgehead atoms. The van der Waals surface area contributed by atoms with Gasteiger partial charge in [0.2, 0.25) is 0 Å². The summed E-state index contributed by atoms with van der Waals surface area (Å²) in [5.41, 5.74) is 0.558. The zero-order valence-corrected chi connectivity index (χ0v) is 15.5. The molecule has 3 rings (SSSR count). The molecule has 0 radical (unpaired) electrons. The number of methoxy groups -OCH3 is 1. The normalized spacial score (nSPS) is 27.0. The van der Waals surface area contributed by atoms with Gasteiger partial charge in [-0.25, -0.2) is 14.0 Å². The molecule has 1 aliphatic rings. The van der Waals surface area contributed by atoms with E-state index in [2.05, 4.69) is 0 Å². The molecule has 0 saturated carbocycles. The molecule has 6 nitrogen and oxygen atoms in total. The van der Waals surface area contributed by atoms with E-state index in [4.69, 9.17) is 18.9 Å². The number of benzene rings is 2. The van der Waals surface area contributed by atoms with Crippen LogP contribution in [-0.4, -0.2) is 49.8 Å². The Balaban J connectivity index is 1.82. The van der Waals surface area contributed by atoms with E-state index in [-0.39, 0.29) is 5.56 Å². The van der Waals surface area contributed by atoms with Crippen LogP contribution in [0.5, 0.6) is 0 Å². The molecule has 148 valence electrons. The molecule has 0 aliphatic carbocycles. The summed E-state index contributed by atoms with van der Waals surface area (Å²) in [6.45, 7) is 1.60. The van der Waals surface area contributed by atoms with Crippen molar-refractivity contribution < 1.29 is 32.9 Å². The van der Waals surface area contributed by atoms with Gasteiger partial charge in [-0.1, -0.05) is 36.4 Å². The molecule has 1 aliphatic heterocycles. The monoisotopic (exact) mass is 388 g/mol. The van der Waals surface area contributed by atoms with E-state index in [1.807, 2.05) is 0 Å². The van der Waals surface area contributed by atoms with Gasteiger partial charge in [-0.3, -0.25) is 0 Å². The van der Waals surface area contributed by atoms with Crippen LogP contribution < -0.4 is 0 Å². The Bertz CT molecular complexity index is 797. The largest absolute Gasteiger partial charge is 0.452 e. The lowest BCUT2D eigenvalue weighted by Crippen LogP contribution is -2.58. The first-order chi connectivity index (χ1) is 13.5. The highest BCUT2D eigenvalue weighted by atomic mass is 19.1. The van der Waals surface area contributed by atoms with Crippen molar-refractivity contribution in [1.82, 2.24) is 0 Å². The SMILES string of the molecule is CO[C@H]1O[C@@H](C)[C@@H](OC(=O)c2ccccc2)[C@@H](OC(=O)c2ccccc2)[C@H]1F. The maximum atomic E-state index is 14.9. The van der Waals surface area contributed by atoms with Crippen LogP contribution in [0.1, 0.15) is 27.6 Å². The highest BCUT2D eigenvalue weighted by molar-refractivity contribution is 5.90. The van der Waals surface area contributed by atoms with Gasteiger partial charge in [-0.2, -0.15) is 0 Å². The van der Waals surface area contributed by atoms with Crippen LogP contribution in [0.2, 0.25) is 0 Å². The Morgan fingerprint density at radius 2 is 1.32 bits per heavy atom. The van der Waals surface area contributed by atoms with E-state index >= 15 is 0 Å². The number of halogens is 1. The zero-order valence-electron chi connectivity index (χ0n) is 15.5. The maximum Gasteiger partial charge on any atom is 0.338 e. The average molecular weight is 388 g/mol. The fourth-order valence-electron chi connectivity index (χ4n) is 2.98. The molecule has 1 heterocycles. The third-order valence-corrected chi connectivity index (χ3v) is 4.45. The molecule has 7 heteroatoms. The molecule has 0 spiro atoms. The summed E-state index contributed by atoms with van der Waals surface area (Å²) >= 11 is 0. The average Bonchev–Trinajstić information content (AvgIpc) is 2.73. The van der Waals surface area contributed by atoms with Crippen LogP contribution in [0.3, 0.4) is 0 Å². The number of alkyl halides is 1. The summed E-state index contributed by atoms with van der Waals surface area (Å²) < 4.78 is 36.3. The molecular weight excluding hydrogens is 367 g/mol. The van der Waals surface area contributed by atoms with E-state index in [0.29, 0.717) is 5.56 Å². The van der Waals surface area contributed by atoms with Crippen molar-refractivity contribution in [3.05, 3.63) is 71.8 Å². The Morgan fingerprint density at radius 3 is 1.79 bits per heavy atom. The number of rotatable bonds is 5. The molecular formula is C21H21FO6. The summed E-state index contributed by atoms with van der Waals surface area (Å²) in [4.78, 5) is 24.9. The molecule has 5 atom stereocenters. The van der Waals surface area contributed by atoms with Crippen LogP contribution in [0.25, 0.3) is 0 Å². The minimum atomic E-state index is -1.83. The molecule has 0 unspecified atom stereocenters. The van der Waals surface area contributed by atoms with Gasteiger partial charge in [0.15, 0.2) is 24.7 Å². The second-order valence-electron chi connectivity index (χ2n) is 6.36. The highest BCUT2D eigenvalue weighted by Gasteiger charge is 2.49. The fourth-order valence-corrected chi connectivity index (χ4v) is 2.98. The van der Waals surface area contributed by atoms with Gasteiger partial charge >= 0.3 is 11.9 Å². The summed E-state index contributed by atoms with van der Waals surface area (Å²) in [5, 5.41) is 0. The van der Waals surface area contributed by atoms with Gasteiger partial charge in [-0.05, 0) is 31.2 Å². The smallest absolute Gasteiger partial charge is 0.338 e. The highest BCUT2D eigenvalue weighted by Crippen LogP contribution is 2.29. The van der Waals surface area contributed by atoms with Gasteiger partial charge in [0.1, 0.15) is 0 Å². The maximum absolute atomic E-state index is 14.9. The topological polar surface area (TPSA) is 71.1 Å². The van der Waals surface area contributed by atoms with Crippen molar-refractivity contribution in [2.75, 3.05) is 7.11 Å². The molecule has 2 aromatic rings. The van der Waals surface area contributed by atoms with E-state index in [1.165, 1.54) is 7.11 Å². The molecule has 1 fully saturated rings. The molecule has 28 heavy (non-hydrogen) atoms. The minimum Gasteiger partial charge on any atom is -0.452 e. The minimum absolute atomic E-state index is 0.260. The Labute approximate surface area is 162 Å². The third-order valence-electron chi connectivity index (χ3n) is 4.45. The molecule has 0 aromatic heterocycles. The molecule has 0 N–H and O–H groups in total. The molecule has 0 amide bonds. The predicted molar refractivity (Wildman–Crippen MR) is 97.5 cm³/mol. The number of esters is 2. The lowest BCUT2D eigenvalue weighted by atomic mass is 10.00. The van der Waals surface area contributed by atoms with E-state index in [9.17, 15) is 14.0 Å². The second-order valence-corrected chi connectivity index (χ2v) is 6.36. The van der Waals surface area contributed by atoms with Gasteiger partial charge in [0.05, 0.1) is 17.2 Å².